The Morgan fingerprint density at radius 1 is 0.974 bits per heavy atom. The Bertz CT molecular complexity index is 1440. The fourth-order valence-corrected chi connectivity index (χ4v) is 3.58. The summed E-state index contributed by atoms with van der Waals surface area (Å²) < 4.78 is 74.4. The average Bonchev–Trinajstić information content (AvgIpc) is 2.81. The minimum atomic E-state index is -4.75. The lowest BCUT2D eigenvalue weighted by Crippen LogP contribution is -2.36. The van der Waals surface area contributed by atoms with E-state index in [0.717, 1.165) is 24.3 Å². The SMILES string of the molecule is Cc1cc(F)ccc1Oc1cc(C(F)(F)F)ccc1C(=O)Nc1cc(CN(C)C)c(F)c(C(=O)NC(=N)N)c1. The molecule has 0 radical (unpaired) electrons. The van der Waals surface area contributed by atoms with Gasteiger partial charge < -0.3 is 20.7 Å². The third-order valence-electron chi connectivity index (χ3n) is 5.30. The number of nitrogens with zero attached hydrogens (tertiary/aromatic N) is 1. The molecule has 0 aliphatic carbocycles. The molecule has 0 atom stereocenters. The summed E-state index contributed by atoms with van der Waals surface area (Å²) in [5.74, 6) is -4.65. The Morgan fingerprint density at radius 3 is 2.26 bits per heavy atom. The number of amides is 2. The van der Waals surface area contributed by atoms with Crippen LogP contribution in [0, 0.1) is 24.0 Å². The number of nitrogens with two attached hydrogens (primary N) is 1. The minimum absolute atomic E-state index is 0.0114. The monoisotopic (exact) mass is 549 g/mol. The first kappa shape index (κ1) is 29.0. The number of halogens is 5. The summed E-state index contributed by atoms with van der Waals surface area (Å²) in [5.41, 5.74) is 3.46. The number of anilines is 1. The lowest BCUT2D eigenvalue weighted by molar-refractivity contribution is -0.137. The molecule has 206 valence electrons. The summed E-state index contributed by atoms with van der Waals surface area (Å²) in [5, 5.41) is 11.6. The Balaban J connectivity index is 2.05. The molecule has 0 saturated heterocycles. The third kappa shape index (κ3) is 7.29. The smallest absolute Gasteiger partial charge is 0.416 e. The van der Waals surface area contributed by atoms with E-state index in [-0.39, 0.29) is 34.7 Å². The first-order valence-corrected chi connectivity index (χ1v) is 11.2. The predicted molar refractivity (Wildman–Crippen MR) is 134 cm³/mol. The lowest BCUT2D eigenvalue weighted by atomic mass is 10.1. The number of guanidine groups is 1. The molecule has 3 rings (SSSR count). The highest BCUT2D eigenvalue weighted by Gasteiger charge is 2.32. The number of aryl methyl sites for hydroxylation is 1. The van der Waals surface area contributed by atoms with Crippen molar-refractivity contribution in [3.8, 4) is 11.5 Å². The molecule has 0 spiro atoms. The van der Waals surface area contributed by atoms with Crippen LogP contribution in [0.5, 0.6) is 11.5 Å². The van der Waals surface area contributed by atoms with Crippen LogP contribution < -0.4 is 21.1 Å². The standard InChI is InChI=1S/C26H24F5N5O3/c1-13-8-16(27)5-7-20(13)39-21-10-15(26(29,30)31)4-6-18(21)23(37)34-17-9-14(12-36(2)3)22(28)19(11-17)24(38)35-25(32)33/h4-11H,12H2,1-3H3,(H,34,37)(H4,32,33,35,38). The second-order valence-corrected chi connectivity index (χ2v) is 8.78. The van der Waals surface area contributed by atoms with Crippen LogP contribution in [-0.2, 0) is 12.7 Å². The van der Waals surface area contributed by atoms with Crippen LogP contribution in [-0.4, -0.2) is 36.8 Å². The highest BCUT2D eigenvalue weighted by molar-refractivity contribution is 6.08. The van der Waals surface area contributed by atoms with Gasteiger partial charge >= 0.3 is 6.18 Å². The summed E-state index contributed by atoms with van der Waals surface area (Å²) >= 11 is 0. The average molecular weight is 550 g/mol. The van der Waals surface area contributed by atoms with Gasteiger partial charge in [0.1, 0.15) is 23.1 Å². The van der Waals surface area contributed by atoms with E-state index in [0.29, 0.717) is 12.1 Å². The summed E-state index contributed by atoms with van der Waals surface area (Å²) in [6.07, 6.45) is -4.75. The van der Waals surface area contributed by atoms with E-state index in [9.17, 15) is 27.2 Å². The predicted octanol–water partition coefficient (Wildman–Crippen LogP) is 5.02. The molecule has 0 unspecified atom stereocenters. The van der Waals surface area contributed by atoms with E-state index >= 15 is 4.39 Å². The third-order valence-corrected chi connectivity index (χ3v) is 5.30. The Morgan fingerprint density at radius 2 is 1.67 bits per heavy atom. The van der Waals surface area contributed by atoms with Gasteiger partial charge in [0.25, 0.3) is 11.8 Å². The van der Waals surface area contributed by atoms with Crippen molar-refractivity contribution in [1.82, 2.24) is 10.2 Å². The van der Waals surface area contributed by atoms with Gasteiger partial charge in [0, 0.05) is 17.8 Å². The van der Waals surface area contributed by atoms with Crippen molar-refractivity contribution in [1.29, 1.82) is 5.41 Å². The topological polar surface area (TPSA) is 121 Å². The molecule has 0 bridgehead atoms. The van der Waals surface area contributed by atoms with Crippen LogP contribution in [0.25, 0.3) is 0 Å². The second-order valence-electron chi connectivity index (χ2n) is 8.78. The molecule has 5 N–H and O–H groups in total. The highest BCUT2D eigenvalue weighted by atomic mass is 19.4. The van der Waals surface area contributed by atoms with Gasteiger partial charge in [0.05, 0.1) is 16.7 Å². The number of carbonyl (C=O) groups is 2. The van der Waals surface area contributed by atoms with E-state index in [4.69, 9.17) is 15.9 Å². The van der Waals surface area contributed by atoms with Gasteiger partial charge in [-0.2, -0.15) is 13.2 Å². The zero-order valence-electron chi connectivity index (χ0n) is 21.0. The molecule has 0 fully saturated rings. The van der Waals surface area contributed by atoms with E-state index in [1.165, 1.54) is 19.1 Å². The van der Waals surface area contributed by atoms with Gasteiger partial charge in [-0.05, 0) is 75.1 Å². The molecule has 0 aromatic heterocycles. The van der Waals surface area contributed by atoms with Crippen molar-refractivity contribution in [3.63, 3.8) is 0 Å². The zero-order valence-corrected chi connectivity index (χ0v) is 21.0. The van der Waals surface area contributed by atoms with Crippen molar-refractivity contribution >= 4 is 23.5 Å². The first-order chi connectivity index (χ1) is 18.1. The van der Waals surface area contributed by atoms with Crippen molar-refractivity contribution in [2.45, 2.75) is 19.6 Å². The maximum atomic E-state index is 15.0. The highest BCUT2D eigenvalue weighted by Crippen LogP contribution is 2.36. The van der Waals surface area contributed by atoms with Crippen LogP contribution in [0.3, 0.4) is 0 Å². The van der Waals surface area contributed by atoms with Gasteiger partial charge in [0.2, 0.25) is 0 Å². The van der Waals surface area contributed by atoms with Gasteiger partial charge in [-0.15, -0.1) is 0 Å². The van der Waals surface area contributed by atoms with E-state index in [1.807, 2.05) is 5.32 Å². The molecular weight excluding hydrogens is 525 g/mol. The molecule has 8 nitrogen and oxygen atoms in total. The van der Waals surface area contributed by atoms with Gasteiger partial charge in [0.15, 0.2) is 5.96 Å². The molecule has 39 heavy (non-hydrogen) atoms. The normalized spacial score (nSPS) is 11.3. The second kappa shape index (κ2) is 11.5. The number of carbonyl (C=O) groups excluding carboxylic acids is 2. The van der Waals surface area contributed by atoms with E-state index in [2.05, 4.69) is 5.32 Å². The number of hydrogen-bond acceptors (Lipinski definition) is 5. The Kier molecular flexibility index (Phi) is 8.54. The number of alkyl halides is 3. The lowest BCUT2D eigenvalue weighted by Gasteiger charge is -2.17. The van der Waals surface area contributed by atoms with Crippen LogP contribution >= 0.6 is 0 Å². The Labute approximate surface area is 220 Å². The molecule has 0 heterocycles. The van der Waals surface area contributed by atoms with Crippen molar-refractivity contribution in [2.75, 3.05) is 19.4 Å². The van der Waals surface area contributed by atoms with Crippen molar-refractivity contribution in [2.24, 2.45) is 5.73 Å². The van der Waals surface area contributed by atoms with Crippen LogP contribution in [0.15, 0.2) is 48.5 Å². The first-order valence-electron chi connectivity index (χ1n) is 11.2. The zero-order chi connectivity index (χ0) is 29.1. The van der Waals surface area contributed by atoms with Crippen molar-refractivity contribution in [3.05, 3.63) is 88.0 Å². The number of benzene rings is 3. The molecule has 13 heteroatoms. The number of nitrogens with one attached hydrogen (secondary N) is 3. The number of ether oxygens (including phenoxy) is 1. The summed E-state index contributed by atoms with van der Waals surface area (Å²) in [6.45, 7) is 1.50. The molecule has 2 amide bonds. The quantitative estimate of drug-likeness (QED) is 0.187. The largest absolute Gasteiger partial charge is 0.456 e. The minimum Gasteiger partial charge on any atom is -0.456 e. The van der Waals surface area contributed by atoms with Crippen LogP contribution in [0.4, 0.5) is 27.6 Å². The molecule has 0 aliphatic heterocycles. The van der Waals surface area contributed by atoms with Gasteiger partial charge in [-0.1, -0.05) is 0 Å². The molecule has 0 aliphatic rings. The molecule has 0 saturated carbocycles. The maximum absolute atomic E-state index is 15.0. The maximum Gasteiger partial charge on any atom is 0.416 e. The number of rotatable bonds is 7. The molecule has 3 aromatic rings. The molecule has 3 aromatic carbocycles. The Hall–Kier alpha value is -4.52. The molecular formula is C26H24F5N5O3. The summed E-state index contributed by atoms with van der Waals surface area (Å²) in [4.78, 5) is 27.2. The number of hydrogen-bond donors (Lipinski definition) is 4. The van der Waals surface area contributed by atoms with Gasteiger partial charge in [-0.3, -0.25) is 20.3 Å². The van der Waals surface area contributed by atoms with Crippen molar-refractivity contribution < 1.29 is 36.3 Å². The summed E-state index contributed by atoms with van der Waals surface area (Å²) in [7, 11) is 3.28. The van der Waals surface area contributed by atoms with E-state index in [1.54, 1.807) is 19.0 Å². The van der Waals surface area contributed by atoms with Crippen LogP contribution in [0.2, 0.25) is 0 Å². The fraction of sp³-hybridized carbons (Fsp3) is 0.192. The fourth-order valence-electron chi connectivity index (χ4n) is 3.58. The van der Waals surface area contributed by atoms with E-state index < -0.39 is 52.5 Å². The van der Waals surface area contributed by atoms with Gasteiger partial charge in [-0.25, -0.2) is 8.78 Å². The summed E-state index contributed by atoms with van der Waals surface area (Å²) in [6, 6.07) is 7.85. The van der Waals surface area contributed by atoms with Crippen LogP contribution in [0.1, 0.15) is 37.4 Å².